The minimum absolute atomic E-state index is 0.155. The number of nitrogens with zero attached hydrogens (tertiary/aromatic N) is 1. The maximum atomic E-state index is 13.4. The lowest BCUT2D eigenvalue weighted by Crippen LogP contribution is -2.41. The van der Waals surface area contributed by atoms with E-state index in [0.29, 0.717) is 23.4 Å². The molecule has 0 atom stereocenters. The van der Waals surface area contributed by atoms with Gasteiger partial charge in [-0.15, -0.1) is 0 Å². The summed E-state index contributed by atoms with van der Waals surface area (Å²) in [6, 6.07) is 9.94. The first-order valence-electron chi connectivity index (χ1n) is 11.4. The number of rotatable bonds is 10. The molecular formula is C24H28ClF3N2O4S. The number of halogens is 4. The molecule has 11 heteroatoms. The molecule has 0 aromatic heterocycles. The number of benzene rings is 2. The second-order valence-corrected chi connectivity index (χ2v) is 10.6. The summed E-state index contributed by atoms with van der Waals surface area (Å²) in [6.07, 6.45) is 1.54. The molecule has 0 saturated heterocycles. The van der Waals surface area contributed by atoms with Crippen LogP contribution in [0.3, 0.4) is 0 Å². The second-order valence-electron chi connectivity index (χ2n) is 8.32. The third kappa shape index (κ3) is 7.59. The number of carbonyl (C=O) groups is 1. The van der Waals surface area contributed by atoms with Gasteiger partial charge in [0.2, 0.25) is 5.91 Å². The summed E-state index contributed by atoms with van der Waals surface area (Å²) in [6.45, 7) is 0.0158. The Morgan fingerprint density at radius 3 is 2.43 bits per heavy atom. The Morgan fingerprint density at radius 1 is 1.09 bits per heavy atom. The molecule has 3 rings (SSSR count). The van der Waals surface area contributed by atoms with Crippen molar-refractivity contribution in [3.05, 3.63) is 59.1 Å². The molecule has 1 N–H and O–H groups in total. The van der Waals surface area contributed by atoms with Gasteiger partial charge in [-0.3, -0.25) is 9.10 Å². The van der Waals surface area contributed by atoms with Gasteiger partial charge in [0.1, 0.15) is 6.54 Å². The molecule has 6 nitrogen and oxygen atoms in total. The van der Waals surface area contributed by atoms with Crippen LogP contribution in [-0.4, -0.2) is 40.1 Å². The van der Waals surface area contributed by atoms with E-state index in [9.17, 15) is 26.4 Å². The molecular weight excluding hydrogens is 505 g/mol. The van der Waals surface area contributed by atoms with E-state index in [2.05, 4.69) is 5.32 Å². The Bertz CT molecular complexity index is 1090. The molecule has 0 aliphatic heterocycles. The standard InChI is InChI=1S/C24H28ClF3N2O4S/c25-22-13-12-18(16-21(22)24(26,27)28)30(35(32,33)20-10-5-2-6-11-20)17-23(31)29-14-7-15-34-19-8-3-1-4-9-19/h2,5-6,10-13,16,19H,1,3-4,7-9,14-15,17H2,(H,29,31). The maximum absolute atomic E-state index is 13.4. The van der Waals surface area contributed by atoms with E-state index < -0.39 is 39.2 Å². The van der Waals surface area contributed by atoms with Crippen molar-refractivity contribution in [3.63, 3.8) is 0 Å². The lowest BCUT2D eigenvalue weighted by molar-refractivity contribution is -0.137. The first-order chi connectivity index (χ1) is 16.6. The van der Waals surface area contributed by atoms with Crippen LogP contribution in [0.25, 0.3) is 0 Å². The van der Waals surface area contributed by atoms with Crippen molar-refractivity contribution in [1.82, 2.24) is 5.32 Å². The number of alkyl halides is 3. The van der Waals surface area contributed by atoms with Crippen LogP contribution >= 0.6 is 11.6 Å². The summed E-state index contributed by atoms with van der Waals surface area (Å²) in [4.78, 5) is 12.5. The Kier molecular flexibility index (Phi) is 9.43. The minimum Gasteiger partial charge on any atom is -0.378 e. The molecule has 35 heavy (non-hydrogen) atoms. The molecule has 1 amide bonds. The Hall–Kier alpha value is -2.30. The molecule has 0 bridgehead atoms. The van der Waals surface area contributed by atoms with E-state index >= 15 is 0 Å². The molecule has 1 aliphatic rings. The number of nitrogens with one attached hydrogen (secondary N) is 1. The molecule has 1 fully saturated rings. The number of anilines is 1. The van der Waals surface area contributed by atoms with Crippen molar-refractivity contribution in [2.24, 2.45) is 0 Å². The molecule has 2 aromatic rings. The fourth-order valence-electron chi connectivity index (χ4n) is 3.89. The predicted molar refractivity (Wildman–Crippen MR) is 128 cm³/mol. The predicted octanol–water partition coefficient (Wildman–Crippen LogP) is 5.41. The van der Waals surface area contributed by atoms with E-state index in [-0.39, 0.29) is 23.2 Å². The molecule has 1 aliphatic carbocycles. The highest BCUT2D eigenvalue weighted by Crippen LogP contribution is 2.38. The van der Waals surface area contributed by atoms with E-state index in [0.717, 1.165) is 37.8 Å². The number of sulfonamides is 1. The average Bonchev–Trinajstić information content (AvgIpc) is 2.83. The highest BCUT2D eigenvalue weighted by molar-refractivity contribution is 7.92. The number of hydrogen-bond donors (Lipinski definition) is 1. The fourth-order valence-corrected chi connectivity index (χ4v) is 5.55. The number of hydrogen-bond acceptors (Lipinski definition) is 4. The zero-order valence-corrected chi connectivity index (χ0v) is 20.6. The van der Waals surface area contributed by atoms with E-state index in [1.807, 2.05) is 0 Å². The average molecular weight is 533 g/mol. The van der Waals surface area contributed by atoms with Crippen molar-refractivity contribution in [3.8, 4) is 0 Å². The Morgan fingerprint density at radius 2 is 1.77 bits per heavy atom. The highest BCUT2D eigenvalue weighted by atomic mass is 35.5. The fraction of sp³-hybridized carbons (Fsp3) is 0.458. The van der Waals surface area contributed by atoms with Crippen molar-refractivity contribution in [1.29, 1.82) is 0 Å². The maximum Gasteiger partial charge on any atom is 0.417 e. The second kappa shape index (κ2) is 12.1. The van der Waals surface area contributed by atoms with Gasteiger partial charge in [0.15, 0.2) is 0 Å². The Labute approximate surface area is 208 Å². The van der Waals surface area contributed by atoms with Crippen LogP contribution in [0.5, 0.6) is 0 Å². The summed E-state index contributed by atoms with van der Waals surface area (Å²) in [5.74, 6) is -0.648. The summed E-state index contributed by atoms with van der Waals surface area (Å²) in [5, 5.41) is 2.06. The largest absolute Gasteiger partial charge is 0.417 e. The van der Waals surface area contributed by atoms with Crippen LogP contribution in [-0.2, 0) is 25.7 Å². The van der Waals surface area contributed by atoms with Gasteiger partial charge in [0, 0.05) is 13.2 Å². The van der Waals surface area contributed by atoms with Crippen molar-refractivity contribution >= 4 is 33.2 Å². The van der Waals surface area contributed by atoms with Gasteiger partial charge in [-0.25, -0.2) is 8.42 Å². The highest BCUT2D eigenvalue weighted by Gasteiger charge is 2.35. The van der Waals surface area contributed by atoms with Crippen LogP contribution in [0.2, 0.25) is 5.02 Å². The van der Waals surface area contributed by atoms with Gasteiger partial charge in [-0.2, -0.15) is 13.2 Å². The minimum atomic E-state index is -4.80. The summed E-state index contributed by atoms with van der Waals surface area (Å²) in [5.41, 5.74) is -1.51. The quantitative estimate of drug-likeness (QED) is 0.415. The molecule has 2 aromatic carbocycles. The first kappa shape index (κ1) is 27.3. The first-order valence-corrected chi connectivity index (χ1v) is 13.2. The molecule has 1 saturated carbocycles. The van der Waals surface area contributed by atoms with E-state index in [4.69, 9.17) is 16.3 Å². The van der Waals surface area contributed by atoms with Crippen molar-refractivity contribution in [2.45, 2.75) is 55.7 Å². The summed E-state index contributed by atoms with van der Waals surface area (Å²) in [7, 11) is -4.34. The topological polar surface area (TPSA) is 75.7 Å². The zero-order valence-electron chi connectivity index (χ0n) is 19.1. The normalized spacial score (nSPS) is 15.1. The van der Waals surface area contributed by atoms with Gasteiger partial charge in [-0.1, -0.05) is 49.1 Å². The molecule has 0 unspecified atom stereocenters. The van der Waals surface area contributed by atoms with Crippen LogP contribution in [0.15, 0.2) is 53.4 Å². The molecule has 0 heterocycles. The molecule has 0 radical (unpaired) electrons. The monoisotopic (exact) mass is 532 g/mol. The van der Waals surface area contributed by atoms with Crippen LogP contribution < -0.4 is 9.62 Å². The molecule has 0 spiro atoms. The summed E-state index contributed by atoms with van der Waals surface area (Å²) < 4.78 is 73.2. The summed E-state index contributed by atoms with van der Waals surface area (Å²) >= 11 is 5.70. The van der Waals surface area contributed by atoms with Gasteiger partial charge in [0.25, 0.3) is 10.0 Å². The smallest absolute Gasteiger partial charge is 0.378 e. The lowest BCUT2D eigenvalue weighted by Gasteiger charge is -2.25. The third-order valence-corrected chi connectivity index (χ3v) is 7.83. The SMILES string of the molecule is O=C(CN(c1ccc(Cl)c(C(F)(F)F)c1)S(=O)(=O)c1ccccc1)NCCCOC1CCCCC1. The van der Waals surface area contributed by atoms with E-state index in [1.165, 1.54) is 30.7 Å². The van der Waals surface area contributed by atoms with Gasteiger partial charge in [-0.05, 0) is 49.6 Å². The van der Waals surface area contributed by atoms with Crippen molar-refractivity contribution < 1.29 is 31.1 Å². The van der Waals surface area contributed by atoms with Gasteiger partial charge in [0.05, 0.1) is 27.3 Å². The van der Waals surface area contributed by atoms with E-state index in [1.54, 1.807) is 6.07 Å². The van der Waals surface area contributed by atoms with Crippen LogP contribution in [0.4, 0.5) is 18.9 Å². The van der Waals surface area contributed by atoms with Gasteiger partial charge >= 0.3 is 6.18 Å². The lowest BCUT2D eigenvalue weighted by atomic mass is 9.98. The van der Waals surface area contributed by atoms with Crippen LogP contribution in [0.1, 0.15) is 44.1 Å². The zero-order chi connectivity index (χ0) is 25.5. The molecule has 192 valence electrons. The van der Waals surface area contributed by atoms with Crippen LogP contribution in [0, 0.1) is 0 Å². The number of carbonyl (C=O) groups excluding carboxylic acids is 1. The number of ether oxygens (including phenoxy) is 1. The Balaban J connectivity index is 1.72. The number of amides is 1. The van der Waals surface area contributed by atoms with Gasteiger partial charge < -0.3 is 10.1 Å². The third-order valence-electron chi connectivity index (χ3n) is 5.71. The van der Waals surface area contributed by atoms with Crippen molar-refractivity contribution in [2.75, 3.05) is 24.0 Å².